The second-order valence-corrected chi connectivity index (χ2v) is 12.4. The van der Waals surface area contributed by atoms with Gasteiger partial charge in [-0.1, -0.05) is 57.0 Å². The van der Waals surface area contributed by atoms with E-state index in [1.165, 1.54) is 12.8 Å². The molecule has 0 spiro atoms. The third kappa shape index (κ3) is 7.32. The lowest BCUT2D eigenvalue weighted by atomic mass is 9.94. The number of carbonyl (C=O) groups excluding carboxylic acids is 1. The van der Waals surface area contributed by atoms with Gasteiger partial charge in [-0.3, -0.25) is 4.79 Å². The molecule has 1 atom stereocenters. The number of halogens is 1. The first-order valence-corrected chi connectivity index (χ1v) is 16.6. The Hall–Kier alpha value is -2.98. The molecule has 1 unspecified atom stereocenters. The molecular formula is C32H42BrN5O3S. The zero-order valence-corrected chi connectivity index (χ0v) is 27.9. The fourth-order valence-corrected chi connectivity index (χ4v) is 6.17. The molecule has 0 radical (unpaired) electrons. The van der Waals surface area contributed by atoms with E-state index in [2.05, 4.69) is 40.4 Å². The zero-order chi connectivity index (χ0) is 30.2. The van der Waals surface area contributed by atoms with Gasteiger partial charge < -0.3 is 20.1 Å². The number of aromatic nitrogens is 3. The van der Waals surface area contributed by atoms with Gasteiger partial charge in [0.2, 0.25) is 11.1 Å². The van der Waals surface area contributed by atoms with Crippen LogP contribution in [0.25, 0.3) is 0 Å². The van der Waals surface area contributed by atoms with Crippen molar-refractivity contribution in [1.29, 1.82) is 0 Å². The summed E-state index contributed by atoms with van der Waals surface area (Å²) in [6.07, 6.45) is 5.48. The zero-order valence-electron chi connectivity index (χ0n) is 25.5. The Balaban J connectivity index is 1.77. The number of hydrogen-bond donors (Lipinski definition) is 2. The van der Waals surface area contributed by atoms with Gasteiger partial charge in [-0.2, -0.15) is 4.98 Å². The highest BCUT2D eigenvalue weighted by molar-refractivity contribution is 9.10. The predicted octanol–water partition coefficient (Wildman–Crippen LogP) is 8.44. The second kappa shape index (κ2) is 15.0. The Kier molecular flexibility index (Phi) is 11.4. The third-order valence-electron chi connectivity index (χ3n) is 7.26. The van der Waals surface area contributed by atoms with Crippen molar-refractivity contribution in [2.24, 2.45) is 0 Å². The van der Waals surface area contributed by atoms with Gasteiger partial charge in [0, 0.05) is 17.1 Å². The maximum Gasteiger partial charge on any atom is 0.255 e. The Morgan fingerprint density at radius 3 is 2.64 bits per heavy atom. The van der Waals surface area contributed by atoms with Gasteiger partial charge in [0.05, 0.1) is 23.3 Å². The first-order chi connectivity index (χ1) is 20.3. The van der Waals surface area contributed by atoms with Crippen LogP contribution < -0.4 is 20.1 Å². The number of unbranched alkanes of at least 4 members (excludes halogenated alkanes) is 3. The van der Waals surface area contributed by atoms with Gasteiger partial charge in [-0.15, -0.1) is 5.10 Å². The quantitative estimate of drug-likeness (QED) is 0.133. The minimum absolute atomic E-state index is 0.201. The van der Waals surface area contributed by atoms with E-state index in [1.54, 1.807) is 11.8 Å². The summed E-state index contributed by atoms with van der Waals surface area (Å²) in [7, 11) is 0. The molecule has 2 heterocycles. The van der Waals surface area contributed by atoms with Crippen LogP contribution in [0.1, 0.15) is 82.5 Å². The number of anilines is 2. The number of amides is 1. The summed E-state index contributed by atoms with van der Waals surface area (Å²) in [5, 5.41) is 12.0. The molecule has 2 N–H and O–H groups in total. The van der Waals surface area contributed by atoms with Crippen LogP contribution in [0.3, 0.4) is 0 Å². The summed E-state index contributed by atoms with van der Waals surface area (Å²) in [6.45, 7) is 13.3. The fraction of sp³-hybridized carbons (Fsp3) is 0.469. The fourth-order valence-electron chi connectivity index (χ4n) is 4.92. The van der Waals surface area contributed by atoms with Crippen molar-refractivity contribution >= 4 is 45.2 Å². The van der Waals surface area contributed by atoms with E-state index in [4.69, 9.17) is 19.6 Å². The monoisotopic (exact) mass is 655 g/mol. The molecular weight excluding hydrogens is 614 g/mol. The molecule has 2 aromatic carbocycles. The molecule has 8 nitrogen and oxygen atoms in total. The number of benzene rings is 2. The summed E-state index contributed by atoms with van der Waals surface area (Å²) < 4.78 is 14.9. The van der Waals surface area contributed by atoms with Crippen LogP contribution in [-0.4, -0.2) is 39.6 Å². The first kappa shape index (κ1) is 31.9. The van der Waals surface area contributed by atoms with Gasteiger partial charge in [0.1, 0.15) is 6.04 Å². The maximum absolute atomic E-state index is 14.1. The van der Waals surface area contributed by atoms with Crippen molar-refractivity contribution in [3.05, 3.63) is 62.8 Å². The van der Waals surface area contributed by atoms with E-state index in [9.17, 15) is 4.79 Å². The summed E-state index contributed by atoms with van der Waals surface area (Å²) >= 11 is 5.36. The molecule has 42 heavy (non-hydrogen) atoms. The average Bonchev–Trinajstić information content (AvgIpc) is 3.36. The summed E-state index contributed by atoms with van der Waals surface area (Å²) in [4.78, 5) is 18.8. The lowest BCUT2D eigenvalue weighted by molar-refractivity contribution is -0.113. The van der Waals surface area contributed by atoms with Crippen molar-refractivity contribution in [2.45, 2.75) is 84.8 Å². The van der Waals surface area contributed by atoms with E-state index < -0.39 is 6.04 Å². The van der Waals surface area contributed by atoms with Gasteiger partial charge in [0.25, 0.3) is 5.91 Å². The highest BCUT2D eigenvalue weighted by atomic mass is 79.9. The highest BCUT2D eigenvalue weighted by Crippen LogP contribution is 2.43. The number of hydrogen-bond acceptors (Lipinski definition) is 7. The van der Waals surface area contributed by atoms with Gasteiger partial charge in [0.15, 0.2) is 11.5 Å². The van der Waals surface area contributed by atoms with Crippen LogP contribution in [0.2, 0.25) is 0 Å². The van der Waals surface area contributed by atoms with Crippen LogP contribution in [-0.2, 0) is 4.79 Å². The van der Waals surface area contributed by atoms with E-state index in [0.717, 1.165) is 57.6 Å². The smallest absolute Gasteiger partial charge is 0.255 e. The average molecular weight is 657 g/mol. The van der Waals surface area contributed by atoms with Gasteiger partial charge >= 0.3 is 0 Å². The van der Waals surface area contributed by atoms with Crippen molar-refractivity contribution in [1.82, 2.24) is 14.8 Å². The molecule has 0 saturated carbocycles. The van der Waals surface area contributed by atoms with Crippen LogP contribution in [0.4, 0.5) is 11.6 Å². The standard InChI is InChI=1S/C32H42BrN5O3S/c1-7-10-11-12-16-41-29-24(33)18-23(19-26(29)40-9-3)28-27(30(39)35-25-15-13-14-20(4)21(25)5)22(6)34-31-36-32(37-38(28)31)42-17-8-2/h13-15,18-19,28H,7-12,16-17H2,1-6H3,(H,35,39)(H,34,36,37). The molecule has 0 aliphatic carbocycles. The normalized spacial score (nSPS) is 14.4. The van der Waals surface area contributed by atoms with E-state index in [-0.39, 0.29) is 5.91 Å². The lowest BCUT2D eigenvalue weighted by Gasteiger charge is -2.29. The summed E-state index contributed by atoms with van der Waals surface area (Å²) in [5.41, 5.74) is 5.05. The number of thioether (sulfide) groups is 1. The maximum atomic E-state index is 14.1. The van der Waals surface area contributed by atoms with Crippen molar-refractivity contribution in [3.63, 3.8) is 0 Å². The minimum atomic E-state index is -0.538. The molecule has 1 aromatic heterocycles. The SMILES string of the molecule is CCCCCCOc1c(Br)cc(C2C(C(=O)Nc3cccc(C)c3C)=C(C)Nc3nc(SCCC)nn32)cc1OCC. The predicted molar refractivity (Wildman–Crippen MR) is 175 cm³/mol. The number of allylic oxidation sites excluding steroid dienone is 1. The number of nitrogens with one attached hydrogen (secondary N) is 2. The van der Waals surface area contributed by atoms with Crippen LogP contribution >= 0.6 is 27.7 Å². The molecule has 0 saturated heterocycles. The Labute approximate surface area is 262 Å². The molecule has 1 aliphatic heterocycles. The number of rotatable bonds is 14. The molecule has 4 rings (SSSR count). The molecule has 226 valence electrons. The number of fused-ring (bicyclic) bond motifs is 1. The molecule has 0 bridgehead atoms. The summed E-state index contributed by atoms with van der Waals surface area (Å²) in [5.74, 6) is 2.61. The largest absolute Gasteiger partial charge is 0.490 e. The van der Waals surface area contributed by atoms with Crippen molar-refractivity contribution in [2.75, 3.05) is 29.6 Å². The van der Waals surface area contributed by atoms with Gasteiger partial charge in [-0.05, 0) is 91.4 Å². The Morgan fingerprint density at radius 1 is 1.10 bits per heavy atom. The molecule has 10 heteroatoms. The highest BCUT2D eigenvalue weighted by Gasteiger charge is 2.35. The Bertz CT molecular complexity index is 1440. The van der Waals surface area contributed by atoms with E-state index in [0.29, 0.717) is 41.4 Å². The second-order valence-electron chi connectivity index (χ2n) is 10.5. The first-order valence-electron chi connectivity index (χ1n) is 14.8. The number of aryl methyl sites for hydroxylation is 1. The van der Waals surface area contributed by atoms with E-state index >= 15 is 0 Å². The molecule has 1 aliphatic rings. The van der Waals surface area contributed by atoms with Crippen LogP contribution in [0.5, 0.6) is 11.5 Å². The Morgan fingerprint density at radius 2 is 1.90 bits per heavy atom. The minimum Gasteiger partial charge on any atom is -0.490 e. The number of carbonyl (C=O) groups is 1. The number of ether oxygens (including phenoxy) is 2. The van der Waals surface area contributed by atoms with E-state index in [1.807, 2.05) is 62.7 Å². The van der Waals surface area contributed by atoms with Crippen molar-refractivity contribution < 1.29 is 14.3 Å². The van der Waals surface area contributed by atoms with Crippen LogP contribution in [0, 0.1) is 13.8 Å². The molecule has 0 fully saturated rings. The van der Waals surface area contributed by atoms with Gasteiger partial charge in [-0.25, -0.2) is 4.68 Å². The molecule has 3 aromatic rings. The topological polar surface area (TPSA) is 90.3 Å². The number of nitrogens with zero attached hydrogens (tertiary/aromatic N) is 3. The third-order valence-corrected chi connectivity index (χ3v) is 8.89. The van der Waals surface area contributed by atoms with Crippen molar-refractivity contribution in [3.8, 4) is 11.5 Å². The molecule has 1 amide bonds. The lowest BCUT2D eigenvalue weighted by Crippen LogP contribution is -2.31. The van der Waals surface area contributed by atoms with Crippen LogP contribution in [0.15, 0.2) is 51.2 Å². The summed E-state index contributed by atoms with van der Waals surface area (Å²) in [6, 6.07) is 9.35.